The monoisotopic (exact) mass is 366 g/mol. The van der Waals surface area contributed by atoms with Gasteiger partial charge in [0, 0.05) is 45.5 Å². The Morgan fingerprint density at radius 3 is 2.52 bits per heavy atom. The highest BCUT2D eigenvalue weighted by Crippen LogP contribution is 2.26. The summed E-state index contributed by atoms with van der Waals surface area (Å²) in [6.07, 6.45) is 3.73. The van der Waals surface area contributed by atoms with E-state index in [-0.39, 0.29) is 0 Å². The van der Waals surface area contributed by atoms with Gasteiger partial charge in [-0.25, -0.2) is 4.98 Å². The number of aryl methyl sites for hydroxylation is 2. The van der Waals surface area contributed by atoms with Crippen LogP contribution in [-0.2, 0) is 6.54 Å². The molecule has 2 heterocycles. The van der Waals surface area contributed by atoms with Crippen molar-refractivity contribution in [2.75, 3.05) is 50.1 Å². The Morgan fingerprint density at radius 2 is 1.89 bits per heavy atom. The Balaban J connectivity index is 1.62. The Bertz CT molecular complexity index is 759. The molecule has 0 spiro atoms. The summed E-state index contributed by atoms with van der Waals surface area (Å²) in [6, 6.07) is 8.54. The van der Waals surface area contributed by atoms with Crippen molar-refractivity contribution in [3.8, 4) is 5.75 Å². The number of anilines is 2. The molecule has 1 fully saturated rings. The van der Waals surface area contributed by atoms with Crippen molar-refractivity contribution in [2.45, 2.75) is 20.4 Å². The summed E-state index contributed by atoms with van der Waals surface area (Å²) in [6.45, 7) is 13.8. The highest BCUT2D eigenvalue weighted by Gasteiger charge is 2.20. The van der Waals surface area contributed by atoms with E-state index < -0.39 is 0 Å². The number of methoxy groups -OCH3 is 1. The van der Waals surface area contributed by atoms with Crippen LogP contribution in [0.1, 0.15) is 16.7 Å². The van der Waals surface area contributed by atoms with E-state index in [2.05, 4.69) is 58.7 Å². The van der Waals surface area contributed by atoms with Gasteiger partial charge in [-0.2, -0.15) is 0 Å². The molecule has 1 aromatic carbocycles. The molecule has 27 heavy (non-hydrogen) atoms. The van der Waals surface area contributed by atoms with Crippen LogP contribution in [0.5, 0.6) is 5.75 Å². The average Bonchev–Trinajstić information content (AvgIpc) is 2.67. The second-order valence-electron chi connectivity index (χ2n) is 7.07. The van der Waals surface area contributed by atoms with Gasteiger partial charge in [0.1, 0.15) is 5.75 Å². The van der Waals surface area contributed by atoms with Crippen LogP contribution in [0, 0.1) is 13.8 Å². The topological polar surface area (TPSA) is 40.6 Å². The molecule has 0 unspecified atom stereocenters. The Labute approximate surface area is 162 Å². The number of ether oxygens (including phenoxy) is 1. The molecule has 0 bridgehead atoms. The third-order valence-electron chi connectivity index (χ3n) is 5.03. The highest BCUT2D eigenvalue weighted by molar-refractivity contribution is 5.65. The molecule has 0 saturated carbocycles. The predicted octanol–water partition coefficient (Wildman–Crippen LogP) is 3.63. The van der Waals surface area contributed by atoms with Crippen molar-refractivity contribution in [1.82, 2.24) is 9.88 Å². The molecular weight excluding hydrogens is 336 g/mol. The van der Waals surface area contributed by atoms with Gasteiger partial charge in [-0.3, -0.25) is 4.90 Å². The number of piperazine rings is 1. The minimum absolute atomic E-state index is 0.745. The molecular formula is C22H30N4O. The molecule has 1 aliphatic rings. The maximum atomic E-state index is 5.48. The van der Waals surface area contributed by atoms with Crippen molar-refractivity contribution in [3.63, 3.8) is 0 Å². The number of hydrogen-bond donors (Lipinski definition) is 1. The molecule has 0 radical (unpaired) electrons. The third-order valence-corrected chi connectivity index (χ3v) is 5.03. The zero-order valence-electron chi connectivity index (χ0n) is 16.7. The van der Waals surface area contributed by atoms with Crippen molar-refractivity contribution in [1.29, 1.82) is 0 Å². The van der Waals surface area contributed by atoms with Crippen LogP contribution in [0.3, 0.4) is 0 Å². The molecule has 0 aliphatic carbocycles. The minimum Gasteiger partial charge on any atom is -0.496 e. The fourth-order valence-corrected chi connectivity index (χ4v) is 3.80. The van der Waals surface area contributed by atoms with Gasteiger partial charge >= 0.3 is 0 Å². The smallest absolute Gasteiger partial charge is 0.152 e. The number of rotatable bonds is 7. The molecule has 2 aromatic rings. The van der Waals surface area contributed by atoms with E-state index in [4.69, 9.17) is 4.74 Å². The molecule has 1 N–H and O–H groups in total. The molecule has 0 amide bonds. The van der Waals surface area contributed by atoms with Gasteiger partial charge in [-0.15, -0.1) is 6.58 Å². The fourth-order valence-electron chi connectivity index (χ4n) is 3.80. The lowest BCUT2D eigenvalue weighted by Crippen LogP contribution is -2.46. The lowest BCUT2D eigenvalue weighted by Gasteiger charge is -2.36. The highest BCUT2D eigenvalue weighted by atomic mass is 16.5. The van der Waals surface area contributed by atoms with E-state index in [1.807, 2.05) is 18.3 Å². The number of hydrogen-bond acceptors (Lipinski definition) is 5. The molecule has 0 atom stereocenters. The lowest BCUT2D eigenvalue weighted by atomic mass is 10.0. The van der Waals surface area contributed by atoms with E-state index in [0.717, 1.165) is 56.5 Å². The quantitative estimate of drug-likeness (QED) is 0.758. The zero-order valence-corrected chi connectivity index (χ0v) is 16.7. The van der Waals surface area contributed by atoms with Gasteiger partial charge < -0.3 is 15.0 Å². The summed E-state index contributed by atoms with van der Waals surface area (Å²) in [7, 11) is 1.74. The Morgan fingerprint density at radius 1 is 1.19 bits per heavy atom. The predicted molar refractivity (Wildman–Crippen MR) is 113 cm³/mol. The van der Waals surface area contributed by atoms with Crippen LogP contribution in [0.15, 0.2) is 43.1 Å². The van der Waals surface area contributed by atoms with E-state index in [9.17, 15) is 0 Å². The van der Waals surface area contributed by atoms with Crippen LogP contribution < -0.4 is 15.0 Å². The van der Waals surface area contributed by atoms with Crippen molar-refractivity contribution >= 4 is 11.5 Å². The average molecular weight is 367 g/mol. The summed E-state index contributed by atoms with van der Waals surface area (Å²) in [5.74, 6) is 2.04. The van der Waals surface area contributed by atoms with Crippen LogP contribution >= 0.6 is 0 Å². The van der Waals surface area contributed by atoms with Crippen LogP contribution in [0.25, 0.3) is 0 Å². The number of aromatic nitrogens is 1. The van der Waals surface area contributed by atoms with Crippen molar-refractivity contribution < 1.29 is 4.74 Å². The number of nitrogens with zero attached hydrogens (tertiary/aromatic N) is 3. The number of benzene rings is 1. The van der Waals surface area contributed by atoms with Crippen LogP contribution in [-0.4, -0.2) is 49.7 Å². The normalized spacial score (nSPS) is 14.9. The van der Waals surface area contributed by atoms with E-state index in [1.165, 1.54) is 16.7 Å². The van der Waals surface area contributed by atoms with Gasteiger partial charge in [0.15, 0.2) is 5.82 Å². The minimum atomic E-state index is 0.745. The second kappa shape index (κ2) is 8.91. The SMILES string of the molecule is C=CCNc1cccnc1N1CCN(Cc2cc(C)c(OC)c(C)c2)CC1. The van der Waals surface area contributed by atoms with E-state index in [0.29, 0.717) is 0 Å². The van der Waals surface area contributed by atoms with Crippen LogP contribution in [0.2, 0.25) is 0 Å². The first-order valence-corrected chi connectivity index (χ1v) is 9.53. The lowest BCUT2D eigenvalue weighted by molar-refractivity contribution is 0.249. The standard InChI is InChI=1S/C22H30N4O/c1-5-8-23-20-7-6-9-24-22(20)26-12-10-25(11-13-26)16-19-14-17(2)21(27-4)18(3)15-19/h5-7,9,14-15,23H,1,8,10-13,16H2,2-4H3. The summed E-state index contributed by atoms with van der Waals surface area (Å²) in [4.78, 5) is 9.48. The van der Waals surface area contributed by atoms with Crippen molar-refractivity contribution in [2.24, 2.45) is 0 Å². The molecule has 3 rings (SSSR count). The van der Waals surface area contributed by atoms with Gasteiger partial charge in [0.2, 0.25) is 0 Å². The van der Waals surface area contributed by atoms with E-state index in [1.54, 1.807) is 7.11 Å². The number of nitrogens with one attached hydrogen (secondary N) is 1. The Kier molecular flexibility index (Phi) is 6.35. The summed E-state index contributed by atoms with van der Waals surface area (Å²) in [5.41, 5.74) is 4.84. The van der Waals surface area contributed by atoms with Gasteiger partial charge in [-0.1, -0.05) is 18.2 Å². The first kappa shape index (κ1) is 19.2. The first-order chi connectivity index (χ1) is 13.1. The molecule has 5 nitrogen and oxygen atoms in total. The molecule has 1 aliphatic heterocycles. The van der Waals surface area contributed by atoms with Gasteiger partial charge in [0.05, 0.1) is 12.8 Å². The molecule has 5 heteroatoms. The van der Waals surface area contributed by atoms with E-state index >= 15 is 0 Å². The summed E-state index contributed by atoms with van der Waals surface area (Å²) in [5, 5.41) is 3.39. The van der Waals surface area contributed by atoms with Crippen molar-refractivity contribution in [3.05, 3.63) is 59.8 Å². The first-order valence-electron chi connectivity index (χ1n) is 9.53. The van der Waals surface area contributed by atoms with Gasteiger partial charge in [-0.05, 0) is 42.7 Å². The third kappa shape index (κ3) is 4.61. The maximum absolute atomic E-state index is 5.48. The molecule has 1 saturated heterocycles. The van der Waals surface area contributed by atoms with Gasteiger partial charge in [0.25, 0.3) is 0 Å². The zero-order chi connectivity index (χ0) is 19.2. The second-order valence-corrected chi connectivity index (χ2v) is 7.07. The summed E-state index contributed by atoms with van der Waals surface area (Å²) >= 11 is 0. The molecule has 1 aromatic heterocycles. The summed E-state index contributed by atoms with van der Waals surface area (Å²) < 4.78 is 5.48. The largest absolute Gasteiger partial charge is 0.496 e. The van der Waals surface area contributed by atoms with Crippen LogP contribution in [0.4, 0.5) is 11.5 Å². The maximum Gasteiger partial charge on any atom is 0.152 e. The Hall–Kier alpha value is -2.53. The molecule has 144 valence electrons. The fraction of sp³-hybridized carbons (Fsp3) is 0.409. The number of pyridine rings is 1.